The minimum Gasteiger partial charge on any atom is -0.332 e. The second-order valence-corrected chi connectivity index (χ2v) is 5.12. The molecule has 0 unspecified atom stereocenters. The van der Waals surface area contributed by atoms with Gasteiger partial charge in [0.05, 0.1) is 0 Å². The Morgan fingerprint density at radius 2 is 1.83 bits per heavy atom. The molecule has 1 amide bonds. The maximum Gasteiger partial charge on any atom is 0.223 e. The summed E-state index contributed by atoms with van der Waals surface area (Å²) in [5.74, 6) is 0.361. The van der Waals surface area contributed by atoms with E-state index in [1.54, 1.807) is 0 Å². The molecule has 1 saturated heterocycles. The molecule has 1 aliphatic heterocycles. The Morgan fingerprint density at radius 3 is 2.17 bits per heavy atom. The predicted molar refractivity (Wildman–Crippen MR) is 47.8 cm³/mol. The fraction of sp³-hybridized carbons (Fsp3) is 0.900. The van der Waals surface area contributed by atoms with E-state index in [1.807, 2.05) is 0 Å². The van der Waals surface area contributed by atoms with Gasteiger partial charge >= 0.3 is 0 Å². The molecule has 12 heavy (non-hydrogen) atoms. The van der Waals surface area contributed by atoms with E-state index >= 15 is 0 Å². The van der Waals surface area contributed by atoms with Gasteiger partial charge in [0.25, 0.3) is 0 Å². The number of hydrogen-bond acceptors (Lipinski definition) is 1. The van der Waals surface area contributed by atoms with Crippen LogP contribution in [0.1, 0.15) is 46.5 Å². The van der Waals surface area contributed by atoms with Crippen molar-refractivity contribution < 1.29 is 4.79 Å². The normalized spacial score (nSPS) is 26.9. The summed E-state index contributed by atoms with van der Waals surface area (Å²) < 4.78 is 0. The van der Waals surface area contributed by atoms with E-state index in [0.29, 0.717) is 11.4 Å². The predicted octanol–water partition coefficient (Wildman–Crippen LogP) is 1.94. The lowest BCUT2D eigenvalue weighted by Gasteiger charge is -2.37. The first-order valence-electron chi connectivity index (χ1n) is 4.79. The van der Waals surface area contributed by atoms with Crippen molar-refractivity contribution in [3.05, 3.63) is 0 Å². The monoisotopic (exact) mass is 167 g/mol. The van der Waals surface area contributed by atoms with Gasteiger partial charge in [0, 0.05) is 17.5 Å². The van der Waals surface area contributed by atoms with Crippen LogP contribution in [0.5, 0.6) is 0 Å². The Bertz CT molecular complexity index is 222. The van der Waals surface area contributed by atoms with Gasteiger partial charge in [0.15, 0.2) is 0 Å². The standard InChI is InChI=1S/C10H17NO/c1-9(2,3)11-8(12)4-5-10(11)6-7-10/h4-7H2,1-3H3. The fourth-order valence-corrected chi connectivity index (χ4v) is 2.53. The SMILES string of the molecule is CC(C)(C)N1C(=O)CCC12CC2. The smallest absolute Gasteiger partial charge is 0.223 e. The summed E-state index contributed by atoms with van der Waals surface area (Å²) in [6.45, 7) is 6.41. The van der Waals surface area contributed by atoms with Gasteiger partial charge in [0.1, 0.15) is 0 Å². The molecule has 2 heteroatoms. The topological polar surface area (TPSA) is 20.3 Å². The molecule has 0 bridgehead atoms. The fourth-order valence-electron chi connectivity index (χ4n) is 2.53. The van der Waals surface area contributed by atoms with Crippen molar-refractivity contribution in [2.24, 2.45) is 0 Å². The van der Waals surface area contributed by atoms with Crippen molar-refractivity contribution in [3.8, 4) is 0 Å². The number of rotatable bonds is 0. The Kier molecular flexibility index (Phi) is 1.37. The maximum atomic E-state index is 11.6. The summed E-state index contributed by atoms with van der Waals surface area (Å²) in [6, 6.07) is 0. The molecule has 2 rings (SSSR count). The van der Waals surface area contributed by atoms with Gasteiger partial charge in [-0.15, -0.1) is 0 Å². The van der Waals surface area contributed by atoms with E-state index in [-0.39, 0.29) is 5.54 Å². The second-order valence-electron chi connectivity index (χ2n) is 5.12. The van der Waals surface area contributed by atoms with Crippen LogP contribution >= 0.6 is 0 Å². The third kappa shape index (κ3) is 0.970. The number of carbonyl (C=O) groups excluding carboxylic acids is 1. The summed E-state index contributed by atoms with van der Waals surface area (Å²) in [4.78, 5) is 13.7. The molecule has 2 aliphatic rings. The van der Waals surface area contributed by atoms with E-state index in [9.17, 15) is 4.79 Å². The zero-order valence-corrected chi connectivity index (χ0v) is 8.18. The molecule has 0 aromatic carbocycles. The third-order valence-electron chi connectivity index (χ3n) is 3.03. The zero-order valence-electron chi connectivity index (χ0n) is 8.18. The largest absolute Gasteiger partial charge is 0.332 e. The van der Waals surface area contributed by atoms with Crippen molar-refractivity contribution in [2.45, 2.75) is 57.5 Å². The highest BCUT2D eigenvalue weighted by Gasteiger charge is 2.57. The van der Waals surface area contributed by atoms with Crippen LogP contribution in [-0.4, -0.2) is 21.9 Å². The molecular formula is C10H17NO. The summed E-state index contributed by atoms with van der Waals surface area (Å²) in [5.41, 5.74) is 0.333. The van der Waals surface area contributed by atoms with Crippen molar-refractivity contribution in [2.75, 3.05) is 0 Å². The first-order chi connectivity index (χ1) is 5.46. The van der Waals surface area contributed by atoms with E-state index < -0.39 is 0 Å². The molecule has 68 valence electrons. The number of hydrogen-bond donors (Lipinski definition) is 0. The average molecular weight is 167 g/mol. The van der Waals surface area contributed by atoms with Gasteiger partial charge < -0.3 is 4.90 Å². The summed E-state index contributed by atoms with van der Waals surface area (Å²) in [5, 5.41) is 0. The molecule has 1 heterocycles. The molecule has 0 radical (unpaired) electrons. The highest BCUT2D eigenvalue weighted by atomic mass is 16.2. The highest BCUT2D eigenvalue weighted by molar-refractivity contribution is 5.81. The van der Waals surface area contributed by atoms with Crippen LogP contribution in [0.25, 0.3) is 0 Å². The minimum atomic E-state index is 0.0318. The first-order valence-corrected chi connectivity index (χ1v) is 4.79. The number of nitrogens with zero attached hydrogens (tertiary/aromatic N) is 1. The minimum absolute atomic E-state index is 0.0318. The maximum absolute atomic E-state index is 11.6. The molecule has 0 atom stereocenters. The van der Waals surface area contributed by atoms with Crippen LogP contribution in [0.15, 0.2) is 0 Å². The Morgan fingerprint density at radius 1 is 1.25 bits per heavy atom. The van der Waals surface area contributed by atoms with Crippen molar-refractivity contribution in [1.29, 1.82) is 0 Å². The summed E-state index contributed by atoms with van der Waals surface area (Å²) >= 11 is 0. The van der Waals surface area contributed by atoms with Gasteiger partial charge in [0.2, 0.25) is 5.91 Å². The zero-order chi connectivity index (χ0) is 8.98. The third-order valence-corrected chi connectivity index (χ3v) is 3.03. The van der Waals surface area contributed by atoms with E-state index in [1.165, 1.54) is 12.8 Å². The average Bonchev–Trinajstić information content (AvgIpc) is 2.53. The number of likely N-dealkylation sites (tertiary alicyclic amines) is 1. The van der Waals surface area contributed by atoms with Crippen molar-refractivity contribution >= 4 is 5.91 Å². The van der Waals surface area contributed by atoms with Gasteiger partial charge in [-0.1, -0.05) is 0 Å². The lowest BCUT2D eigenvalue weighted by Crippen LogP contribution is -2.48. The quantitative estimate of drug-likeness (QED) is 0.540. The highest BCUT2D eigenvalue weighted by Crippen LogP contribution is 2.52. The van der Waals surface area contributed by atoms with E-state index in [4.69, 9.17) is 0 Å². The molecule has 1 saturated carbocycles. The van der Waals surface area contributed by atoms with Crippen LogP contribution < -0.4 is 0 Å². The first kappa shape index (κ1) is 8.09. The van der Waals surface area contributed by atoms with E-state index in [2.05, 4.69) is 25.7 Å². The van der Waals surface area contributed by atoms with Gasteiger partial charge in [-0.25, -0.2) is 0 Å². The Balaban J connectivity index is 2.27. The molecular weight excluding hydrogens is 150 g/mol. The molecule has 0 N–H and O–H groups in total. The van der Waals surface area contributed by atoms with Crippen LogP contribution in [0, 0.1) is 0 Å². The molecule has 2 fully saturated rings. The molecule has 0 aromatic rings. The molecule has 2 nitrogen and oxygen atoms in total. The lowest BCUT2D eigenvalue weighted by atomic mass is 10.0. The molecule has 0 aromatic heterocycles. The van der Waals surface area contributed by atoms with Gasteiger partial charge in [-0.2, -0.15) is 0 Å². The van der Waals surface area contributed by atoms with Gasteiger partial charge in [-0.05, 0) is 40.0 Å². The van der Waals surface area contributed by atoms with Crippen LogP contribution in [-0.2, 0) is 4.79 Å². The Hall–Kier alpha value is -0.530. The summed E-state index contributed by atoms with van der Waals surface area (Å²) in [7, 11) is 0. The number of amides is 1. The second kappa shape index (κ2) is 2.04. The van der Waals surface area contributed by atoms with Gasteiger partial charge in [-0.3, -0.25) is 4.79 Å². The van der Waals surface area contributed by atoms with Crippen LogP contribution in [0.3, 0.4) is 0 Å². The van der Waals surface area contributed by atoms with Crippen LogP contribution in [0.2, 0.25) is 0 Å². The molecule has 1 spiro atoms. The summed E-state index contributed by atoms with van der Waals surface area (Å²) in [6.07, 6.45) is 4.34. The van der Waals surface area contributed by atoms with Crippen molar-refractivity contribution in [3.63, 3.8) is 0 Å². The van der Waals surface area contributed by atoms with E-state index in [0.717, 1.165) is 12.8 Å². The van der Waals surface area contributed by atoms with Crippen molar-refractivity contribution in [1.82, 2.24) is 4.90 Å². The Labute approximate surface area is 73.9 Å². The lowest BCUT2D eigenvalue weighted by molar-refractivity contribution is -0.134. The number of carbonyl (C=O) groups is 1. The molecule has 1 aliphatic carbocycles. The van der Waals surface area contributed by atoms with Crippen LogP contribution in [0.4, 0.5) is 0 Å².